The molecule has 2 spiro atoms. The number of anilines is 3. The van der Waals surface area contributed by atoms with Gasteiger partial charge in [0.25, 0.3) is 0 Å². The summed E-state index contributed by atoms with van der Waals surface area (Å²) in [4.78, 5) is 94.2. The minimum absolute atomic E-state index is 0.0202. The first kappa shape index (κ1) is 65.1. The number of nitrogens with one attached hydrogen (secondary N) is 5. The van der Waals surface area contributed by atoms with Gasteiger partial charge in [-0.15, -0.1) is 11.3 Å². The second-order valence-corrected chi connectivity index (χ2v) is 28.5. The Hall–Kier alpha value is -6.40. The topological polar surface area (TPSA) is 213 Å². The SMILES string of the molecule is CN[C@@H](C)C(=O)N[C@H](C(=O)N1CCC[C@H]1c1nc(C(=O)c2cccc(OCCNC(=O)CCN3CC[C@@]4(CCN(CCCNc5cc(N6CCC7(CC6)CN(c6cc(F)c(CN8CCC(C)(C)CC8)cc6F)CC(=O)N7)ncn5)C4)C3)c2)cs1)C1CCCCC1. The summed E-state index contributed by atoms with van der Waals surface area (Å²) in [5.41, 5.74) is 1.19. The fourth-order valence-electron chi connectivity index (χ4n) is 14.8. The van der Waals surface area contributed by atoms with E-state index in [1.165, 1.54) is 23.5 Å². The Morgan fingerprint density at radius 1 is 0.811 bits per heavy atom. The van der Waals surface area contributed by atoms with Crippen molar-refractivity contribution in [3.63, 3.8) is 0 Å². The van der Waals surface area contributed by atoms with Crippen molar-refractivity contribution in [2.45, 2.75) is 147 Å². The van der Waals surface area contributed by atoms with Crippen LogP contribution in [0.2, 0.25) is 0 Å². The number of benzene rings is 2. The zero-order valence-electron chi connectivity index (χ0n) is 53.3. The maximum atomic E-state index is 15.8. The number of likely N-dealkylation sites (N-methyl/N-ethyl adjacent to an activating group) is 1. The fraction of sp³-hybridized carbons (Fsp3) is 0.642. The van der Waals surface area contributed by atoms with Gasteiger partial charge >= 0.3 is 0 Å². The maximum Gasteiger partial charge on any atom is 0.246 e. The summed E-state index contributed by atoms with van der Waals surface area (Å²) in [5, 5.41) is 18.3. The van der Waals surface area contributed by atoms with Gasteiger partial charge in [0.15, 0.2) is 0 Å². The molecule has 4 atom stereocenters. The molecule has 20 nitrogen and oxygen atoms in total. The van der Waals surface area contributed by atoms with Crippen LogP contribution in [0.1, 0.15) is 150 Å². The first-order valence-electron chi connectivity index (χ1n) is 33.2. The molecule has 6 saturated heterocycles. The first-order chi connectivity index (χ1) is 43.4. The van der Waals surface area contributed by atoms with E-state index in [9.17, 15) is 24.0 Å². The van der Waals surface area contributed by atoms with Gasteiger partial charge in [0.05, 0.1) is 36.4 Å². The van der Waals surface area contributed by atoms with E-state index in [-0.39, 0.29) is 71.0 Å². The smallest absolute Gasteiger partial charge is 0.246 e. The number of ketones is 1. The molecule has 90 heavy (non-hydrogen) atoms. The van der Waals surface area contributed by atoms with Crippen LogP contribution in [-0.4, -0.2) is 193 Å². The molecule has 5 N–H and O–H groups in total. The van der Waals surface area contributed by atoms with Gasteiger partial charge in [0.1, 0.15) is 58.7 Å². The van der Waals surface area contributed by atoms with Gasteiger partial charge in [-0.1, -0.05) is 45.2 Å². The van der Waals surface area contributed by atoms with E-state index in [0.717, 1.165) is 146 Å². The molecule has 4 aromatic rings. The number of piperazine rings is 1. The lowest BCUT2D eigenvalue weighted by Crippen LogP contribution is -2.66. The van der Waals surface area contributed by atoms with Crippen molar-refractivity contribution in [1.29, 1.82) is 0 Å². The van der Waals surface area contributed by atoms with E-state index in [4.69, 9.17) is 9.72 Å². The van der Waals surface area contributed by atoms with Gasteiger partial charge in [-0.2, -0.15) is 0 Å². The van der Waals surface area contributed by atoms with E-state index in [0.29, 0.717) is 87.6 Å². The fourth-order valence-corrected chi connectivity index (χ4v) is 15.8. The van der Waals surface area contributed by atoms with Crippen LogP contribution in [0.25, 0.3) is 0 Å². The standard InChI is InChI=1S/C67H94F2N14O6S/c1-46(70-4)62(87)76-60(47-11-6-5-7-12-47)64(88)83-26-9-15-54(83)63-75-53(41-90-63)61(86)48-13-8-14-50(35-48)89-34-24-72-58(84)16-27-80-31-20-66(43-80)19-30-79(42-66)25-10-23-71-56-38-57(74-45-73-56)81-32-21-67(22-33-81)44-82(40-59(85)77-67)55-37-51(68)49(36-52(55)69)39-78-28-17-65(2,3)18-29-78/h8,13-14,35-38,41,45-47,54,60,70H,5-7,9-12,15-34,39-40,42-44H2,1-4H3,(H,72,84)(H,76,87)(H,77,85)(H,71,73,74)/t46-,54-,60-,66+/m0/s1. The van der Waals surface area contributed by atoms with Crippen LogP contribution in [-0.2, 0) is 25.7 Å². The Balaban J connectivity index is 0.563. The van der Waals surface area contributed by atoms with Crippen molar-refractivity contribution in [3.05, 3.63) is 87.6 Å². The highest BCUT2D eigenvalue weighted by molar-refractivity contribution is 7.10. The summed E-state index contributed by atoms with van der Waals surface area (Å²) >= 11 is 1.39. The van der Waals surface area contributed by atoms with Gasteiger partial charge in [-0.05, 0) is 152 Å². The van der Waals surface area contributed by atoms with Gasteiger partial charge in [0, 0.05) is 94.0 Å². The highest BCUT2D eigenvalue weighted by Gasteiger charge is 2.45. The highest BCUT2D eigenvalue weighted by Crippen LogP contribution is 2.41. The van der Waals surface area contributed by atoms with E-state index >= 15 is 8.78 Å². The van der Waals surface area contributed by atoms with E-state index in [1.54, 1.807) is 54.8 Å². The highest BCUT2D eigenvalue weighted by atomic mass is 32.1. The second-order valence-electron chi connectivity index (χ2n) is 27.6. The Labute approximate surface area is 533 Å². The molecule has 0 radical (unpaired) electrons. The summed E-state index contributed by atoms with van der Waals surface area (Å²) in [6.07, 6.45) is 15.1. The Kier molecular flexibility index (Phi) is 21.0. The average Bonchev–Trinajstić information content (AvgIpc) is 1.17. The summed E-state index contributed by atoms with van der Waals surface area (Å²) in [7, 11) is 1.74. The van der Waals surface area contributed by atoms with Crippen LogP contribution in [0.5, 0.6) is 5.75 Å². The number of nitrogens with zero attached hydrogens (tertiary/aromatic N) is 9. The molecular weight excluding hydrogens is 1170 g/mol. The quantitative estimate of drug-likeness (QED) is 0.0348. The van der Waals surface area contributed by atoms with Crippen LogP contribution in [0, 0.1) is 28.4 Å². The third-order valence-electron chi connectivity index (χ3n) is 20.5. The van der Waals surface area contributed by atoms with Crippen LogP contribution in [0.15, 0.2) is 54.2 Å². The number of likely N-dealkylation sites (tertiary alicyclic amines) is 4. The van der Waals surface area contributed by atoms with E-state index in [2.05, 4.69) is 70.0 Å². The molecule has 11 rings (SSSR count). The van der Waals surface area contributed by atoms with Crippen molar-refractivity contribution >= 4 is 58.1 Å². The largest absolute Gasteiger partial charge is 0.492 e. The van der Waals surface area contributed by atoms with Crippen molar-refractivity contribution in [3.8, 4) is 5.75 Å². The summed E-state index contributed by atoms with van der Waals surface area (Å²) < 4.78 is 37.4. The summed E-state index contributed by atoms with van der Waals surface area (Å²) in [6, 6.07) is 10.3. The summed E-state index contributed by atoms with van der Waals surface area (Å²) in [5.74, 6) is 0.557. The lowest BCUT2D eigenvalue weighted by atomic mass is 9.82. The monoisotopic (exact) mass is 1260 g/mol. The molecule has 1 saturated carbocycles. The van der Waals surface area contributed by atoms with E-state index < -0.39 is 29.3 Å². The predicted molar refractivity (Wildman–Crippen MR) is 345 cm³/mol. The number of aromatic nitrogens is 3. The number of carbonyl (C=O) groups excluding carboxylic acids is 5. The van der Waals surface area contributed by atoms with Crippen LogP contribution >= 0.6 is 11.3 Å². The normalized spacial score (nSPS) is 23.1. The molecule has 2 aromatic carbocycles. The van der Waals surface area contributed by atoms with Crippen molar-refractivity contribution in [1.82, 2.24) is 55.8 Å². The Morgan fingerprint density at radius 2 is 1.57 bits per heavy atom. The Bertz CT molecular complexity index is 3160. The van der Waals surface area contributed by atoms with Crippen molar-refractivity contribution in [2.75, 3.05) is 127 Å². The maximum absolute atomic E-state index is 15.8. The molecule has 488 valence electrons. The second kappa shape index (κ2) is 29.0. The molecule has 4 amide bonds. The third kappa shape index (κ3) is 16.1. The molecule has 6 aliphatic heterocycles. The molecule has 1 aliphatic carbocycles. The minimum Gasteiger partial charge on any atom is -0.492 e. The number of thiazole rings is 1. The lowest BCUT2D eigenvalue weighted by Gasteiger charge is -2.48. The molecular formula is C67H94F2N14O6S. The van der Waals surface area contributed by atoms with Crippen molar-refractivity contribution in [2.24, 2.45) is 16.7 Å². The third-order valence-corrected chi connectivity index (χ3v) is 21.5. The number of hydrogen-bond donors (Lipinski definition) is 5. The number of ether oxygens (including phenoxy) is 1. The van der Waals surface area contributed by atoms with Gasteiger partial charge in [-0.25, -0.2) is 23.7 Å². The van der Waals surface area contributed by atoms with Crippen LogP contribution in [0.4, 0.5) is 26.1 Å². The number of piperidine rings is 2. The van der Waals surface area contributed by atoms with Crippen molar-refractivity contribution < 1.29 is 37.5 Å². The van der Waals surface area contributed by atoms with Gasteiger partial charge in [0.2, 0.25) is 29.4 Å². The molecule has 0 bridgehead atoms. The molecule has 7 fully saturated rings. The average molecular weight is 1260 g/mol. The summed E-state index contributed by atoms with van der Waals surface area (Å²) in [6.45, 7) is 17.7. The predicted octanol–water partition coefficient (Wildman–Crippen LogP) is 7.16. The number of carbonyl (C=O) groups is 5. The molecule has 0 unspecified atom stereocenters. The number of amides is 4. The minimum atomic E-state index is -0.593. The number of rotatable bonds is 24. The zero-order valence-corrected chi connectivity index (χ0v) is 54.1. The Morgan fingerprint density at radius 3 is 2.33 bits per heavy atom. The lowest BCUT2D eigenvalue weighted by molar-refractivity contribution is -0.139. The molecule has 8 heterocycles. The van der Waals surface area contributed by atoms with Gasteiger partial charge < -0.3 is 55.8 Å². The molecule has 23 heteroatoms. The van der Waals surface area contributed by atoms with Gasteiger partial charge in [-0.3, -0.25) is 28.9 Å². The number of hydrogen-bond acceptors (Lipinski definition) is 17. The molecule has 7 aliphatic rings. The number of halogens is 2. The van der Waals surface area contributed by atoms with Crippen LogP contribution in [0.3, 0.4) is 0 Å². The zero-order chi connectivity index (χ0) is 63.0. The molecule has 2 aromatic heterocycles. The van der Waals surface area contributed by atoms with E-state index in [1.807, 2.05) is 11.0 Å². The van der Waals surface area contributed by atoms with Crippen LogP contribution < -0.4 is 41.1 Å². The first-order valence-corrected chi connectivity index (χ1v) is 34.1.